The molecule has 0 spiro atoms. The van der Waals surface area contributed by atoms with Crippen molar-refractivity contribution in [1.29, 1.82) is 0 Å². The Hall–Kier alpha value is -2.34. The lowest BCUT2D eigenvalue weighted by Crippen LogP contribution is -2.35. The number of aromatic amines is 1. The fourth-order valence-corrected chi connectivity index (χ4v) is 2.41. The molecule has 1 atom stereocenters. The molecule has 1 unspecified atom stereocenters. The SMILES string of the molecule is Cc1cccc(OCC(O)CNC(=O)c2c(C(C)C)n[nH]c2C)c1. The minimum atomic E-state index is -0.788. The monoisotopic (exact) mass is 331 g/mol. The van der Waals surface area contributed by atoms with Crippen LogP contribution in [0.15, 0.2) is 24.3 Å². The molecule has 24 heavy (non-hydrogen) atoms. The summed E-state index contributed by atoms with van der Waals surface area (Å²) in [5.41, 5.74) is 3.10. The number of hydrogen-bond donors (Lipinski definition) is 3. The zero-order chi connectivity index (χ0) is 17.7. The van der Waals surface area contributed by atoms with Gasteiger partial charge in [0.25, 0.3) is 5.91 Å². The average Bonchev–Trinajstić information content (AvgIpc) is 2.92. The molecule has 0 aliphatic carbocycles. The molecular formula is C18H25N3O3. The lowest BCUT2D eigenvalue weighted by molar-refractivity contribution is 0.0842. The summed E-state index contributed by atoms with van der Waals surface area (Å²) in [4.78, 5) is 12.4. The summed E-state index contributed by atoms with van der Waals surface area (Å²) in [7, 11) is 0. The van der Waals surface area contributed by atoms with Gasteiger partial charge in [-0.3, -0.25) is 9.89 Å². The first-order valence-corrected chi connectivity index (χ1v) is 8.09. The van der Waals surface area contributed by atoms with Gasteiger partial charge < -0.3 is 15.2 Å². The number of carbonyl (C=O) groups excluding carboxylic acids is 1. The molecule has 0 saturated carbocycles. The fraction of sp³-hybridized carbons (Fsp3) is 0.444. The van der Waals surface area contributed by atoms with E-state index in [1.165, 1.54) is 0 Å². The van der Waals surface area contributed by atoms with Crippen LogP contribution in [0.25, 0.3) is 0 Å². The molecule has 0 saturated heterocycles. The van der Waals surface area contributed by atoms with Gasteiger partial charge in [-0.05, 0) is 37.5 Å². The maximum Gasteiger partial charge on any atom is 0.255 e. The highest BCUT2D eigenvalue weighted by molar-refractivity contribution is 5.96. The molecule has 0 bridgehead atoms. The van der Waals surface area contributed by atoms with Crippen LogP contribution in [0.4, 0.5) is 0 Å². The van der Waals surface area contributed by atoms with E-state index in [-0.39, 0.29) is 25.0 Å². The quantitative estimate of drug-likeness (QED) is 0.726. The van der Waals surface area contributed by atoms with Crippen LogP contribution in [0.1, 0.15) is 47.1 Å². The highest BCUT2D eigenvalue weighted by Crippen LogP contribution is 2.19. The molecule has 1 amide bonds. The summed E-state index contributed by atoms with van der Waals surface area (Å²) in [6, 6.07) is 7.61. The molecule has 1 aromatic heterocycles. The molecule has 0 radical (unpaired) electrons. The van der Waals surface area contributed by atoms with E-state index in [2.05, 4.69) is 15.5 Å². The number of aliphatic hydroxyl groups excluding tert-OH is 1. The molecule has 2 aromatic rings. The van der Waals surface area contributed by atoms with E-state index in [0.29, 0.717) is 11.3 Å². The van der Waals surface area contributed by atoms with Crippen molar-refractivity contribution >= 4 is 5.91 Å². The maximum absolute atomic E-state index is 12.4. The summed E-state index contributed by atoms with van der Waals surface area (Å²) >= 11 is 0. The molecule has 1 aromatic carbocycles. The number of nitrogens with one attached hydrogen (secondary N) is 2. The zero-order valence-electron chi connectivity index (χ0n) is 14.6. The van der Waals surface area contributed by atoms with Crippen molar-refractivity contribution in [3.05, 3.63) is 46.8 Å². The number of rotatable bonds is 7. The number of amides is 1. The second kappa shape index (κ2) is 7.97. The third-order valence-corrected chi connectivity index (χ3v) is 3.68. The molecule has 1 heterocycles. The molecule has 6 heteroatoms. The van der Waals surface area contributed by atoms with E-state index in [4.69, 9.17) is 4.74 Å². The van der Waals surface area contributed by atoms with E-state index < -0.39 is 6.10 Å². The van der Waals surface area contributed by atoms with Crippen LogP contribution >= 0.6 is 0 Å². The fourth-order valence-electron chi connectivity index (χ4n) is 2.41. The Morgan fingerprint density at radius 1 is 1.38 bits per heavy atom. The van der Waals surface area contributed by atoms with Gasteiger partial charge in [-0.2, -0.15) is 5.10 Å². The van der Waals surface area contributed by atoms with Crippen molar-refractivity contribution in [2.75, 3.05) is 13.2 Å². The van der Waals surface area contributed by atoms with Crippen LogP contribution < -0.4 is 10.1 Å². The van der Waals surface area contributed by atoms with Gasteiger partial charge in [0.15, 0.2) is 0 Å². The lowest BCUT2D eigenvalue weighted by atomic mass is 10.0. The van der Waals surface area contributed by atoms with Gasteiger partial charge >= 0.3 is 0 Å². The minimum absolute atomic E-state index is 0.116. The van der Waals surface area contributed by atoms with Crippen LogP contribution in [0, 0.1) is 13.8 Å². The van der Waals surface area contributed by atoms with Gasteiger partial charge in [0, 0.05) is 12.2 Å². The Bertz CT molecular complexity index is 695. The van der Waals surface area contributed by atoms with Crippen molar-refractivity contribution < 1.29 is 14.6 Å². The smallest absolute Gasteiger partial charge is 0.255 e. The van der Waals surface area contributed by atoms with Crippen molar-refractivity contribution in [3.8, 4) is 5.75 Å². The van der Waals surface area contributed by atoms with Crippen LogP contribution in [0.5, 0.6) is 5.75 Å². The predicted octanol–water partition coefficient (Wildman–Crippen LogP) is 2.32. The standard InChI is InChI=1S/C18H25N3O3/c1-11(2)17-16(13(4)20-21-17)18(23)19-9-14(22)10-24-15-7-5-6-12(3)8-15/h5-8,11,14,22H,9-10H2,1-4H3,(H,19,23)(H,20,21). The van der Waals surface area contributed by atoms with Crippen molar-refractivity contribution in [3.63, 3.8) is 0 Å². The first-order chi connectivity index (χ1) is 11.4. The molecule has 0 fully saturated rings. The van der Waals surface area contributed by atoms with Crippen molar-refractivity contribution in [1.82, 2.24) is 15.5 Å². The van der Waals surface area contributed by atoms with Gasteiger partial charge in [0.05, 0.1) is 11.3 Å². The Kier molecular flexibility index (Phi) is 5.98. The summed E-state index contributed by atoms with van der Waals surface area (Å²) in [6.07, 6.45) is -0.788. The highest BCUT2D eigenvalue weighted by Gasteiger charge is 2.20. The summed E-state index contributed by atoms with van der Waals surface area (Å²) < 4.78 is 5.54. The number of H-pyrrole nitrogens is 1. The second-order valence-corrected chi connectivity index (χ2v) is 6.25. The average molecular weight is 331 g/mol. The number of hydrogen-bond acceptors (Lipinski definition) is 4. The number of aromatic nitrogens is 2. The number of nitrogens with zero attached hydrogens (tertiary/aromatic N) is 1. The van der Waals surface area contributed by atoms with E-state index in [1.54, 1.807) is 0 Å². The molecule has 6 nitrogen and oxygen atoms in total. The first-order valence-electron chi connectivity index (χ1n) is 8.09. The van der Waals surface area contributed by atoms with E-state index in [0.717, 1.165) is 17.0 Å². The number of ether oxygens (including phenoxy) is 1. The highest BCUT2D eigenvalue weighted by atomic mass is 16.5. The van der Waals surface area contributed by atoms with Gasteiger partial charge in [0.1, 0.15) is 18.5 Å². The lowest BCUT2D eigenvalue weighted by Gasteiger charge is -2.14. The van der Waals surface area contributed by atoms with Crippen LogP contribution in [0.3, 0.4) is 0 Å². The van der Waals surface area contributed by atoms with Crippen molar-refractivity contribution in [2.24, 2.45) is 0 Å². The van der Waals surface area contributed by atoms with Crippen LogP contribution in [-0.4, -0.2) is 40.5 Å². The Morgan fingerprint density at radius 2 is 2.12 bits per heavy atom. The van der Waals surface area contributed by atoms with Gasteiger partial charge in [-0.1, -0.05) is 26.0 Å². The largest absolute Gasteiger partial charge is 0.491 e. The number of aliphatic hydroxyl groups is 1. The van der Waals surface area contributed by atoms with Crippen LogP contribution in [-0.2, 0) is 0 Å². The third kappa shape index (κ3) is 4.58. The number of aryl methyl sites for hydroxylation is 2. The maximum atomic E-state index is 12.4. The first kappa shape index (κ1) is 18.0. The molecular weight excluding hydrogens is 306 g/mol. The normalized spacial score (nSPS) is 12.2. The van der Waals surface area contributed by atoms with Gasteiger partial charge in [-0.25, -0.2) is 0 Å². The Balaban J connectivity index is 1.86. The Morgan fingerprint density at radius 3 is 2.79 bits per heavy atom. The molecule has 130 valence electrons. The third-order valence-electron chi connectivity index (χ3n) is 3.68. The zero-order valence-corrected chi connectivity index (χ0v) is 14.6. The molecule has 2 rings (SSSR count). The minimum Gasteiger partial charge on any atom is -0.491 e. The van der Waals surface area contributed by atoms with E-state index >= 15 is 0 Å². The summed E-state index contributed by atoms with van der Waals surface area (Å²) in [6.45, 7) is 7.99. The number of carbonyl (C=O) groups is 1. The molecule has 0 aliphatic rings. The van der Waals surface area contributed by atoms with E-state index in [1.807, 2.05) is 52.0 Å². The predicted molar refractivity (Wildman–Crippen MR) is 92.4 cm³/mol. The van der Waals surface area contributed by atoms with E-state index in [9.17, 15) is 9.90 Å². The van der Waals surface area contributed by atoms with Crippen LogP contribution in [0.2, 0.25) is 0 Å². The van der Waals surface area contributed by atoms with Gasteiger partial charge in [-0.15, -0.1) is 0 Å². The van der Waals surface area contributed by atoms with Crippen molar-refractivity contribution in [2.45, 2.75) is 39.7 Å². The summed E-state index contributed by atoms with van der Waals surface area (Å²) in [5.74, 6) is 0.609. The van der Waals surface area contributed by atoms with Gasteiger partial charge in [0.2, 0.25) is 0 Å². The second-order valence-electron chi connectivity index (χ2n) is 6.25. The molecule has 3 N–H and O–H groups in total. The Labute approximate surface area is 142 Å². The molecule has 0 aliphatic heterocycles. The topological polar surface area (TPSA) is 87.2 Å². The number of benzene rings is 1. The summed E-state index contributed by atoms with van der Waals surface area (Å²) in [5, 5.41) is 19.8.